The van der Waals surface area contributed by atoms with E-state index in [1.807, 2.05) is 55.4 Å². The topological polar surface area (TPSA) is 309 Å². The van der Waals surface area contributed by atoms with Crippen molar-refractivity contribution < 1.29 is 205 Å². The number of ether oxygens (including phenoxy) is 3. The van der Waals surface area contributed by atoms with Gasteiger partial charge < -0.3 is 93.8 Å². The number of urea groups is 1. The van der Waals surface area contributed by atoms with E-state index in [0.29, 0.717) is 24.3 Å². The molecule has 0 aliphatic carbocycles. The van der Waals surface area contributed by atoms with Crippen LogP contribution in [0.1, 0.15) is 185 Å². The Hall–Kier alpha value is -0.881. The maximum Gasteiger partial charge on any atom is 0.358 e. The molecule has 1 fully saturated rings. The number of Topliss-reactive ketones (excluding diaryl/α,β-unsaturated/α-hetero) is 1. The zero-order valence-electron chi connectivity index (χ0n) is 57.1. The van der Waals surface area contributed by atoms with Crippen molar-refractivity contribution in [3.05, 3.63) is 52.8 Å². The van der Waals surface area contributed by atoms with Gasteiger partial charge in [0, 0.05) is 172 Å². The molecule has 499 valence electrons. The van der Waals surface area contributed by atoms with Gasteiger partial charge >= 0.3 is 31.5 Å². The molecule has 0 saturated carbocycles. The number of unbranched alkanes of at least 4 members (excludes halogenated alkanes) is 6. The number of nitrogens with one attached hydrogen (secondary N) is 6. The molecule has 5 radical (unpaired) electrons. The van der Waals surface area contributed by atoms with Crippen LogP contribution in [0.25, 0.3) is 0 Å². The quantitative estimate of drug-likeness (QED) is 0.00766. The summed E-state index contributed by atoms with van der Waals surface area (Å²) < 4.78 is 39.9. The summed E-state index contributed by atoms with van der Waals surface area (Å²) in [4.78, 5) is 97.2. The van der Waals surface area contributed by atoms with Crippen molar-refractivity contribution in [3.8, 4) is 0 Å². The van der Waals surface area contributed by atoms with Crippen molar-refractivity contribution in [2.45, 2.75) is 209 Å². The molecule has 5 amide bonds. The fraction of sp³-hybridized carbons (Fsp3) is 0.707. The number of rotatable bonds is 27. The minimum atomic E-state index is -3.45. The van der Waals surface area contributed by atoms with Crippen molar-refractivity contribution in [2.24, 2.45) is 11.8 Å². The van der Waals surface area contributed by atoms with Crippen LogP contribution in [0.5, 0.6) is 0 Å². The Morgan fingerprint density at radius 3 is 1.17 bits per heavy atom. The molecule has 22 nitrogen and oxygen atoms in total. The number of hydrogen-bond acceptors (Lipinski definition) is 17. The van der Waals surface area contributed by atoms with Crippen LogP contribution in [0.3, 0.4) is 0 Å². The SMILES string of the molecule is CCC(=O)CC.CCC(CC)=C(NC)C(=O)OC.CNC(C(=O)OC)P(=O)(OC)OC.[2H][B].[CH2-]C(=O)NC(C(=O)OC)C(CC)CC.[CH2-]C(=O)NC(C(CC)CC)C1NC(=O)NC1=O.[CH2-]C(=O)O.[CH2-]CCCC.[CH2-]CCCC.[CH2-]CCCC.[U].[Y].[Y].[Y]. The van der Waals surface area contributed by atoms with E-state index >= 15 is 0 Å². The predicted molar refractivity (Wildman–Crippen MR) is 331 cm³/mol. The summed E-state index contributed by atoms with van der Waals surface area (Å²) in [5, 5.41) is 22.5. The maximum atomic E-state index is 11.7. The molecular formula is C58H114BN6O16PUY3-6. The minimum Gasteiger partial charge on any atom is -0.503 e. The molecule has 1 rings (SSSR count). The molecule has 0 aromatic rings. The molecule has 1 aliphatic heterocycles. The third-order valence-corrected chi connectivity index (χ3v) is 13.4. The van der Waals surface area contributed by atoms with E-state index in [9.17, 15) is 42.9 Å². The first-order chi connectivity index (χ1) is 39.1. The van der Waals surface area contributed by atoms with Crippen LogP contribution in [0, 0.1) is 84.5 Å². The van der Waals surface area contributed by atoms with Gasteiger partial charge in [-0.15, -0.1) is 0 Å². The van der Waals surface area contributed by atoms with E-state index < -0.39 is 73.2 Å². The molecule has 0 aromatic carbocycles. The number of aliphatic carboxylic acids is 1. The van der Waals surface area contributed by atoms with Crippen LogP contribution in [-0.4, -0.2) is 142 Å². The number of ketones is 1. The monoisotopic (exact) mass is 1700 g/mol. The van der Waals surface area contributed by atoms with Gasteiger partial charge in [-0.3, -0.25) is 36.5 Å². The Balaban J connectivity index is -0.0000000663. The Kier molecular flexibility index (Phi) is 108. The number of methoxy groups -OCH3 is 3. The number of carboxylic acid groups (broad SMARTS) is 1. The Labute approximate surface area is 624 Å². The molecule has 0 bridgehead atoms. The summed E-state index contributed by atoms with van der Waals surface area (Å²) in [5.41, 5.74) is 1.70. The van der Waals surface area contributed by atoms with Crippen LogP contribution < -0.4 is 31.9 Å². The zero-order chi connectivity index (χ0) is 67.1. The molecule has 1 aliphatic rings. The van der Waals surface area contributed by atoms with Gasteiger partial charge in [-0.25, -0.2) is 19.2 Å². The smallest absolute Gasteiger partial charge is 0.358 e. The Morgan fingerprint density at radius 2 is 0.988 bits per heavy atom. The van der Waals surface area contributed by atoms with Crippen molar-refractivity contribution in [1.29, 1.82) is 1.34 Å². The summed E-state index contributed by atoms with van der Waals surface area (Å²) in [5.74, 6) is -4.28. The zero-order valence-corrected chi connectivity index (χ0v) is 69.6. The van der Waals surface area contributed by atoms with Crippen molar-refractivity contribution in [3.63, 3.8) is 0 Å². The first-order valence-corrected chi connectivity index (χ1v) is 29.5. The van der Waals surface area contributed by atoms with E-state index in [2.05, 4.69) is 126 Å². The molecule has 0 aromatic heterocycles. The average molecular weight is 1700 g/mol. The number of esters is 3. The van der Waals surface area contributed by atoms with Crippen LogP contribution in [0.4, 0.5) is 4.79 Å². The van der Waals surface area contributed by atoms with Crippen LogP contribution in [-0.2, 0) is 164 Å². The van der Waals surface area contributed by atoms with E-state index in [1.165, 1.54) is 81.1 Å². The number of likely N-dealkylation sites (N-methyl/N-ethyl adjacent to an activating group) is 2. The summed E-state index contributed by atoms with van der Waals surface area (Å²) in [6.07, 6.45) is 17.3. The van der Waals surface area contributed by atoms with Crippen molar-refractivity contribution in [2.75, 3.05) is 49.6 Å². The average Bonchev–Trinajstić information content (AvgIpc) is 4.00. The minimum absolute atomic E-state index is 0. The largest absolute Gasteiger partial charge is 0.503 e. The number of allylic oxidation sites excluding steroid dienone is 1. The maximum absolute atomic E-state index is 11.7. The van der Waals surface area contributed by atoms with Gasteiger partial charge in [0.15, 0.2) is 5.97 Å². The fourth-order valence-electron chi connectivity index (χ4n) is 6.50. The standard InChI is InChI=1S/C11H18N3O3.C10H18NO3.C9H17NO2.C6H14NO5P.C5H10O.3C5H11.C2H3O2.BH.U.3Y/c1-4-7(5-2)8(12-6(3)15)9-10(16)14-11(17)13-9;1-5-8(6-2)9(10(13)14-4)11-7(3)12;1-5-7(6-2)8(10-3)9(11)12-4;1-7-5(6(8)10-2)13(9,11-3)12-4;1-3-5(6)4-2;3*1-3-5-4-2;1-2(3)4;;;;;/h7-9H,3-5H2,1-2H3,(H,12,15)(H2,13,14,16,17);8-9H,3,5-6H2,1-2,4H3,(H,11,12);10H,5-6H2,1-4H3;5,7H,1-4H3;3-4H2,1-2H3;3*1,3-5H2,2H3;1H2,(H,3,4);1H;;;;/q2*-1;;;;4*-1;;;;;/i;;;;;;;;;1D;;;;. The van der Waals surface area contributed by atoms with Gasteiger partial charge in [0.2, 0.25) is 5.78 Å². The predicted octanol–water partition coefficient (Wildman–Crippen LogP) is 9.16. The molecule has 1 saturated heterocycles. The Bertz CT molecular complexity index is 1710. The van der Waals surface area contributed by atoms with Crippen molar-refractivity contribution >= 4 is 69.4 Å². The molecule has 4 unspecified atom stereocenters. The van der Waals surface area contributed by atoms with E-state index in [4.69, 9.17) is 11.2 Å². The fourth-order valence-corrected chi connectivity index (χ4v) is 7.75. The van der Waals surface area contributed by atoms with Crippen LogP contribution in [0.2, 0.25) is 0 Å². The third-order valence-electron chi connectivity index (χ3n) is 11.3. The van der Waals surface area contributed by atoms with Gasteiger partial charge in [0.25, 0.3) is 5.91 Å². The molecule has 7 N–H and O–H groups in total. The number of amides is 5. The van der Waals surface area contributed by atoms with Crippen LogP contribution in [0.15, 0.2) is 11.3 Å². The first-order valence-electron chi connectivity index (χ1n) is 28.5. The molecule has 0 spiro atoms. The summed E-state index contributed by atoms with van der Waals surface area (Å²) in [6, 6.07) is -2.21. The number of carbonyl (C=O) groups excluding carboxylic acids is 8. The summed E-state index contributed by atoms with van der Waals surface area (Å²) >= 11 is 0. The second-order valence-corrected chi connectivity index (χ2v) is 19.4. The van der Waals surface area contributed by atoms with E-state index in [0.717, 1.165) is 63.4 Å². The first kappa shape index (κ1) is 113. The van der Waals surface area contributed by atoms with Gasteiger partial charge in [-0.2, -0.15) is 19.3 Å². The molecule has 86 heavy (non-hydrogen) atoms. The van der Waals surface area contributed by atoms with Gasteiger partial charge in [0.05, 0.1) is 39.2 Å². The number of carbonyl (C=O) groups is 9. The molecule has 28 heteroatoms. The van der Waals surface area contributed by atoms with Crippen LogP contribution >= 0.6 is 7.60 Å². The Morgan fingerprint density at radius 1 is 0.628 bits per heavy atom. The normalized spacial score (nSPS) is 11.9. The summed E-state index contributed by atoms with van der Waals surface area (Å²) in [7, 11) is 9.81. The van der Waals surface area contributed by atoms with E-state index in [-0.39, 0.29) is 147 Å². The van der Waals surface area contributed by atoms with Crippen molar-refractivity contribution in [1.82, 2.24) is 31.9 Å². The number of imide groups is 1. The second-order valence-electron chi connectivity index (χ2n) is 17.1. The number of hydrogen-bond donors (Lipinski definition) is 7. The summed E-state index contributed by atoms with van der Waals surface area (Å²) in [6.45, 7) is 42.2. The second kappa shape index (κ2) is 82.1. The molecule has 4 atom stereocenters. The van der Waals surface area contributed by atoms with Gasteiger partial charge in [-0.1, -0.05) is 140 Å². The van der Waals surface area contributed by atoms with Gasteiger partial charge in [0.1, 0.15) is 23.6 Å². The molecule has 1 heterocycles. The van der Waals surface area contributed by atoms with E-state index in [1.54, 1.807) is 7.05 Å². The van der Waals surface area contributed by atoms with Gasteiger partial charge in [-0.05, 0) is 38.6 Å². The third kappa shape index (κ3) is 67.5. The number of carboxylic acids is 1. The molecular weight excluding hydrogens is 1580 g/mol.